The van der Waals surface area contributed by atoms with E-state index in [4.69, 9.17) is 18.9 Å². The van der Waals surface area contributed by atoms with Gasteiger partial charge >= 0.3 is 5.97 Å². The number of carbonyl (C=O) groups excluding carboxylic acids is 2. The first kappa shape index (κ1) is 40.0. The van der Waals surface area contributed by atoms with Crippen molar-refractivity contribution in [2.75, 3.05) is 26.4 Å². The third kappa shape index (κ3) is 9.24. The van der Waals surface area contributed by atoms with Crippen LogP contribution in [-0.2, 0) is 33.3 Å². The molecule has 21 nitrogen and oxygen atoms in total. The van der Waals surface area contributed by atoms with E-state index in [9.17, 15) is 75.7 Å². The summed E-state index contributed by atoms with van der Waals surface area (Å²) in [4.78, 5) is 36.1. The predicted octanol–water partition coefficient (Wildman–Crippen LogP) is -8.44. The lowest BCUT2D eigenvalue weighted by atomic mass is 9.88. The third-order valence-corrected chi connectivity index (χ3v) is 7.53. The second-order valence-electron chi connectivity index (χ2n) is 11.0. The van der Waals surface area contributed by atoms with Crippen LogP contribution in [0.15, 0.2) is 0 Å². The van der Waals surface area contributed by atoms with Gasteiger partial charge in [0.2, 0.25) is 11.8 Å². The Morgan fingerprint density at radius 2 is 1.52 bits per heavy atom. The van der Waals surface area contributed by atoms with E-state index in [1.54, 1.807) is 0 Å². The maximum Gasteiger partial charge on any atom is 0.364 e. The van der Waals surface area contributed by atoms with Gasteiger partial charge in [0.05, 0.1) is 44.6 Å². The number of aliphatic hydroxyl groups excluding tert-OH is 11. The SMILES string of the molecule is CC(=O)N[C@H]1[C@H]([C@H](O)[C@H](O)CO)O[C@@](O[C@H]2[C@@H](O)[C@@H](CO)O[C@@H](O[C@@H]([C@@H](O)[C@H](O)CO)[C@H](CO)NC(C)=O)[C@@H]2O)(C(=O)O)C[C@@H]1O. The van der Waals surface area contributed by atoms with Crippen molar-refractivity contribution in [2.24, 2.45) is 0 Å². The number of hydrogen-bond acceptors (Lipinski definition) is 18. The summed E-state index contributed by atoms with van der Waals surface area (Å²) in [6.07, 6.45) is -25.2. The molecule has 46 heavy (non-hydrogen) atoms. The zero-order chi connectivity index (χ0) is 35.1. The Labute approximate surface area is 261 Å². The molecule has 0 saturated carbocycles. The van der Waals surface area contributed by atoms with Gasteiger partial charge in [-0.3, -0.25) is 9.59 Å². The number of aliphatic hydroxyl groups is 11. The van der Waals surface area contributed by atoms with Gasteiger partial charge in [-0.15, -0.1) is 0 Å². The van der Waals surface area contributed by atoms with Gasteiger partial charge < -0.3 is 90.9 Å². The minimum Gasteiger partial charge on any atom is -0.477 e. The predicted molar refractivity (Wildman–Crippen MR) is 144 cm³/mol. The standard InChI is InChI=1S/C25H44N2O19/c1-8(32)26-10(4-28)20(16(37)12(35)5-29)44-23-19(40)22(18(39)14(7-31)43-23)46-25(24(41)42)3-11(34)15(27-9(2)33)21(45-25)17(38)13(36)6-30/h10-23,28-31,34-40H,3-7H2,1-2H3,(H,26,32)(H,27,33)(H,41,42)/t10-,11-,12+,13+,14+,15+,16-,17+,18-,19+,20+,21+,22-,23-,25-/m0/s1. The fourth-order valence-corrected chi connectivity index (χ4v) is 5.16. The number of carboxylic acids is 1. The second-order valence-corrected chi connectivity index (χ2v) is 11.0. The Morgan fingerprint density at radius 3 is 2.00 bits per heavy atom. The highest BCUT2D eigenvalue weighted by atomic mass is 16.8. The summed E-state index contributed by atoms with van der Waals surface area (Å²) in [7, 11) is 0. The Bertz CT molecular complexity index is 1010. The lowest BCUT2D eigenvalue weighted by molar-refractivity contribution is -0.375. The van der Waals surface area contributed by atoms with Gasteiger partial charge in [-0.1, -0.05) is 0 Å². The minimum atomic E-state index is -3.07. The van der Waals surface area contributed by atoms with Crippen LogP contribution < -0.4 is 10.6 Å². The molecule has 268 valence electrons. The third-order valence-electron chi connectivity index (χ3n) is 7.53. The molecular weight excluding hydrogens is 632 g/mol. The molecule has 2 saturated heterocycles. The largest absolute Gasteiger partial charge is 0.477 e. The van der Waals surface area contributed by atoms with E-state index < -0.39 is 142 Å². The van der Waals surface area contributed by atoms with Crippen molar-refractivity contribution in [2.45, 2.75) is 112 Å². The van der Waals surface area contributed by atoms with Crippen LogP contribution in [0.1, 0.15) is 20.3 Å². The summed E-state index contributed by atoms with van der Waals surface area (Å²) in [5.74, 6) is -6.58. The van der Waals surface area contributed by atoms with Crippen LogP contribution in [0.5, 0.6) is 0 Å². The molecule has 2 rings (SSSR count). The van der Waals surface area contributed by atoms with Crippen molar-refractivity contribution in [3.05, 3.63) is 0 Å². The normalized spacial score (nSPS) is 35.7. The number of nitrogens with one attached hydrogen (secondary N) is 2. The summed E-state index contributed by atoms with van der Waals surface area (Å²) < 4.78 is 22.0. The number of aliphatic carboxylic acids is 1. The van der Waals surface area contributed by atoms with Crippen LogP contribution in [0.25, 0.3) is 0 Å². The van der Waals surface area contributed by atoms with Crippen molar-refractivity contribution in [1.29, 1.82) is 0 Å². The van der Waals surface area contributed by atoms with Crippen LogP contribution >= 0.6 is 0 Å². The number of carbonyl (C=O) groups is 3. The molecule has 2 heterocycles. The van der Waals surface area contributed by atoms with Crippen LogP contribution in [0, 0.1) is 0 Å². The molecule has 21 heteroatoms. The zero-order valence-corrected chi connectivity index (χ0v) is 24.8. The fraction of sp³-hybridized carbons (Fsp3) is 0.880. The Balaban J connectivity index is 2.53. The number of carboxylic acid groups (broad SMARTS) is 1. The van der Waals surface area contributed by atoms with Gasteiger partial charge in [-0.25, -0.2) is 4.79 Å². The molecule has 2 aliphatic heterocycles. The van der Waals surface area contributed by atoms with Crippen molar-refractivity contribution in [1.82, 2.24) is 10.6 Å². The molecule has 0 aliphatic carbocycles. The fourth-order valence-electron chi connectivity index (χ4n) is 5.16. The minimum absolute atomic E-state index is 0.745. The van der Waals surface area contributed by atoms with E-state index in [1.165, 1.54) is 0 Å². The van der Waals surface area contributed by atoms with Crippen molar-refractivity contribution in [3.63, 3.8) is 0 Å². The van der Waals surface area contributed by atoms with Gasteiger partial charge in [-0.05, 0) is 0 Å². The van der Waals surface area contributed by atoms with E-state index in [2.05, 4.69) is 10.6 Å². The first-order valence-corrected chi connectivity index (χ1v) is 14.1. The molecular formula is C25H44N2O19. The summed E-state index contributed by atoms with van der Waals surface area (Å²) in [5.41, 5.74) is 0. The molecule has 0 aromatic rings. The topological polar surface area (TPSA) is 355 Å². The summed E-state index contributed by atoms with van der Waals surface area (Å²) in [6, 6.07) is -3.09. The summed E-state index contributed by atoms with van der Waals surface area (Å²) >= 11 is 0. The highest BCUT2D eigenvalue weighted by Crippen LogP contribution is 2.37. The molecule has 0 bridgehead atoms. The second kappa shape index (κ2) is 17.3. The Morgan fingerprint density at radius 1 is 0.913 bits per heavy atom. The van der Waals surface area contributed by atoms with Gasteiger partial charge in [0.25, 0.3) is 5.79 Å². The summed E-state index contributed by atoms with van der Waals surface area (Å²) in [6.45, 7) is -1.99. The summed E-state index contributed by atoms with van der Waals surface area (Å²) in [5, 5.41) is 127. The number of hydrogen-bond donors (Lipinski definition) is 14. The smallest absolute Gasteiger partial charge is 0.364 e. The van der Waals surface area contributed by atoms with Crippen LogP contribution in [0.4, 0.5) is 0 Å². The van der Waals surface area contributed by atoms with Crippen molar-refractivity contribution >= 4 is 17.8 Å². The van der Waals surface area contributed by atoms with Crippen LogP contribution in [-0.4, -0.2) is 197 Å². The molecule has 14 N–H and O–H groups in total. The van der Waals surface area contributed by atoms with Crippen molar-refractivity contribution in [3.8, 4) is 0 Å². The molecule has 0 aromatic heterocycles. The van der Waals surface area contributed by atoms with E-state index in [0.717, 1.165) is 13.8 Å². The van der Waals surface area contributed by atoms with Crippen molar-refractivity contribution < 1.29 is 94.6 Å². The molecule has 15 atom stereocenters. The van der Waals surface area contributed by atoms with Gasteiger partial charge in [0.15, 0.2) is 6.29 Å². The Kier molecular flexibility index (Phi) is 15.0. The molecule has 2 aliphatic rings. The lowest BCUT2D eigenvalue weighted by Crippen LogP contribution is -2.70. The van der Waals surface area contributed by atoms with E-state index >= 15 is 0 Å². The first-order chi connectivity index (χ1) is 21.5. The maximum atomic E-state index is 12.6. The molecule has 2 amide bonds. The first-order valence-electron chi connectivity index (χ1n) is 14.1. The number of rotatable bonds is 16. The molecule has 0 aromatic carbocycles. The van der Waals surface area contributed by atoms with E-state index in [0.29, 0.717) is 0 Å². The average molecular weight is 677 g/mol. The average Bonchev–Trinajstić information content (AvgIpc) is 3.00. The molecule has 2 fully saturated rings. The molecule has 0 radical (unpaired) electrons. The highest BCUT2D eigenvalue weighted by molar-refractivity contribution is 5.76. The highest BCUT2D eigenvalue weighted by Gasteiger charge is 2.59. The van der Waals surface area contributed by atoms with E-state index in [-0.39, 0.29) is 0 Å². The quantitative estimate of drug-likeness (QED) is 0.0721. The Hall–Kier alpha value is -2.19. The van der Waals surface area contributed by atoms with Gasteiger partial charge in [0.1, 0.15) is 61.0 Å². The zero-order valence-electron chi connectivity index (χ0n) is 24.8. The van der Waals surface area contributed by atoms with Gasteiger partial charge in [-0.2, -0.15) is 0 Å². The number of ether oxygens (including phenoxy) is 4. The number of amides is 2. The monoisotopic (exact) mass is 676 g/mol. The van der Waals surface area contributed by atoms with Gasteiger partial charge in [0, 0.05) is 20.3 Å². The van der Waals surface area contributed by atoms with E-state index in [1.807, 2.05) is 0 Å². The maximum absolute atomic E-state index is 12.6. The van der Waals surface area contributed by atoms with Crippen LogP contribution in [0.2, 0.25) is 0 Å². The molecule has 0 unspecified atom stereocenters. The lowest BCUT2D eigenvalue weighted by Gasteiger charge is -2.50. The van der Waals surface area contributed by atoms with Crippen LogP contribution in [0.3, 0.4) is 0 Å². The molecule has 0 spiro atoms.